The fraction of sp³-hybridized carbons (Fsp3) is 0.579. The van der Waals surface area contributed by atoms with E-state index in [0.29, 0.717) is 23.7 Å². The lowest BCUT2D eigenvalue weighted by atomic mass is 10.2. The Kier molecular flexibility index (Phi) is 7.74. The van der Waals surface area contributed by atoms with Crippen LogP contribution >= 0.6 is 0 Å². The monoisotopic (exact) mass is 351 g/mol. The van der Waals surface area contributed by atoms with Crippen molar-refractivity contribution >= 4 is 11.9 Å². The van der Waals surface area contributed by atoms with Crippen LogP contribution in [0.5, 0.6) is 11.5 Å². The topological polar surface area (TPSA) is 65.1 Å². The molecule has 1 aromatic carbocycles. The molecule has 1 rings (SSSR count). The number of benzene rings is 1. The Bertz CT molecular complexity index is 589. The quantitative estimate of drug-likeness (QED) is 0.673. The first-order chi connectivity index (χ1) is 11.7. The van der Waals surface area contributed by atoms with Gasteiger partial charge in [-0.15, -0.1) is 0 Å². The number of nitrogens with zero attached hydrogens (tertiary/aromatic N) is 1. The predicted molar refractivity (Wildman–Crippen MR) is 96.2 cm³/mol. The highest BCUT2D eigenvalue weighted by Gasteiger charge is 2.28. The number of esters is 1. The van der Waals surface area contributed by atoms with E-state index in [2.05, 4.69) is 0 Å². The van der Waals surface area contributed by atoms with Gasteiger partial charge < -0.3 is 19.1 Å². The number of hydrogen-bond acceptors (Lipinski definition) is 5. The molecule has 0 spiro atoms. The predicted octanol–water partition coefficient (Wildman–Crippen LogP) is 3.28. The maximum Gasteiger partial charge on any atom is 0.339 e. The molecule has 0 aliphatic carbocycles. The van der Waals surface area contributed by atoms with Crippen molar-refractivity contribution in [3.63, 3.8) is 0 Å². The highest BCUT2D eigenvalue weighted by Crippen LogP contribution is 2.28. The van der Waals surface area contributed by atoms with E-state index in [4.69, 9.17) is 14.2 Å². The van der Waals surface area contributed by atoms with Gasteiger partial charge in [0.15, 0.2) is 17.6 Å². The first kappa shape index (κ1) is 20.8. The van der Waals surface area contributed by atoms with E-state index in [-0.39, 0.29) is 18.0 Å². The smallest absolute Gasteiger partial charge is 0.339 e. The molecule has 0 aliphatic rings. The molecule has 0 bridgehead atoms. The molecular weight excluding hydrogens is 322 g/mol. The first-order valence-corrected chi connectivity index (χ1v) is 8.56. The lowest BCUT2D eigenvalue weighted by Gasteiger charge is -2.32. The van der Waals surface area contributed by atoms with Crippen molar-refractivity contribution in [1.29, 1.82) is 0 Å². The van der Waals surface area contributed by atoms with E-state index in [0.717, 1.165) is 0 Å². The maximum absolute atomic E-state index is 12.6. The molecule has 6 nitrogen and oxygen atoms in total. The van der Waals surface area contributed by atoms with E-state index >= 15 is 0 Å². The third-order valence-electron chi connectivity index (χ3n) is 3.70. The van der Waals surface area contributed by atoms with E-state index in [9.17, 15) is 9.59 Å². The normalized spacial score (nSPS) is 12.0. The van der Waals surface area contributed by atoms with Crippen LogP contribution in [0.1, 0.15) is 51.9 Å². The molecule has 0 saturated heterocycles. The van der Waals surface area contributed by atoms with Gasteiger partial charge in [-0.1, -0.05) is 0 Å². The van der Waals surface area contributed by atoms with Crippen LogP contribution in [0, 0.1) is 0 Å². The SMILES string of the molecule is CCOc1ccc(C(=O)OC(C)C(=O)N(C(C)C)C(C)C)cc1OC. The molecule has 1 unspecified atom stereocenters. The van der Waals surface area contributed by atoms with E-state index in [1.165, 1.54) is 7.11 Å². The van der Waals surface area contributed by atoms with Crippen LogP contribution in [0.25, 0.3) is 0 Å². The van der Waals surface area contributed by atoms with Crippen LogP contribution in [0.3, 0.4) is 0 Å². The molecule has 0 heterocycles. The van der Waals surface area contributed by atoms with Crippen molar-refractivity contribution in [3.8, 4) is 11.5 Å². The van der Waals surface area contributed by atoms with Gasteiger partial charge in [-0.05, 0) is 59.7 Å². The number of carbonyl (C=O) groups excluding carboxylic acids is 2. The highest BCUT2D eigenvalue weighted by atomic mass is 16.5. The molecule has 0 aromatic heterocycles. The summed E-state index contributed by atoms with van der Waals surface area (Å²) in [7, 11) is 1.50. The summed E-state index contributed by atoms with van der Waals surface area (Å²) in [6.45, 7) is 11.7. The molecule has 140 valence electrons. The van der Waals surface area contributed by atoms with Crippen molar-refractivity contribution in [2.75, 3.05) is 13.7 Å². The summed E-state index contributed by atoms with van der Waals surface area (Å²) in [5.41, 5.74) is 0.306. The van der Waals surface area contributed by atoms with Crippen molar-refractivity contribution in [2.24, 2.45) is 0 Å². The number of ether oxygens (including phenoxy) is 3. The van der Waals surface area contributed by atoms with Crippen molar-refractivity contribution < 1.29 is 23.8 Å². The minimum Gasteiger partial charge on any atom is -0.493 e. The summed E-state index contributed by atoms with van der Waals surface area (Å²) in [5, 5.41) is 0. The van der Waals surface area contributed by atoms with Crippen molar-refractivity contribution in [3.05, 3.63) is 23.8 Å². The summed E-state index contributed by atoms with van der Waals surface area (Å²) in [4.78, 5) is 26.6. The lowest BCUT2D eigenvalue weighted by Crippen LogP contribution is -2.47. The molecule has 0 fully saturated rings. The average molecular weight is 351 g/mol. The van der Waals surface area contributed by atoms with Gasteiger partial charge >= 0.3 is 5.97 Å². The maximum atomic E-state index is 12.6. The summed E-state index contributed by atoms with van der Waals surface area (Å²) in [5.74, 6) is 0.212. The van der Waals surface area contributed by atoms with Gasteiger partial charge in [0.25, 0.3) is 5.91 Å². The zero-order valence-corrected chi connectivity index (χ0v) is 16.2. The third-order valence-corrected chi connectivity index (χ3v) is 3.70. The molecule has 0 saturated carbocycles. The van der Waals surface area contributed by atoms with Crippen LogP contribution in [-0.2, 0) is 9.53 Å². The number of methoxy groups -OCH3 is 1. The molecule has 6 heteroatoms. The highest BCUT2D eigenvalue weighted by molar-refractivity contribution is 5.93. The number of carbonyl (C=O) groups is 2. The minimum absolute atomic E-state index is 0.0271. The van der Waals surface area contributed by atoms with E-state index in [1.807, 2.05) is 34.6 Å². The molecule has 25 heavy (non-hydrogen) atoms. The zero-order chi connectivity index (χ0) is 19.1. The number of amides is 1. The average Bonchev–Trinajstić information content (AvgIpc) is 2.54. The van der Waals surface area contributed by atoms with Crippen molar-refractivity contribution in [2.45, 2.75) is 59.7 Å². The summed E-state index contributed by atoms with van der Waals surface area (Å²) < 4.78 is 16.0. The van der Waals surface area contributed by atoms with Crippen LogP contribution in [-0.4, -0.2) is 48.7 Å². The molecule has 1 amide bonds. The van der Waals surface area contributed by atoms with Gasteiger partial charge in [0.1, 0.15) is 0 Å². The van der Waals surface area contributed by atoms with Gasteiger partial charge in [0.05, 0.1) is 19.3 Å². The molecule has 0 radical (unpaired) electrons. The third kappa shape index (κ3) is 5.37. The van der Waals surface area contributed by atoms with Crippen molar-refractivity contribution in [1.82, 2.24) is 4.90 Å². The Morgan fingerprint density at radius 1 is 1.04 bits per heavy atom. The Morgan fingerprint density at radius 2 is 1.64 bits per heavy atom. The van der Waals surface area contributed by atoms with Crippen LogP contribution in [0.15, 0.2) is 18.2 Å². The Hall–Kier alpha value is -2.24. The molecule has 1 aromatic rings. The second-order valence-corrected chi connectivity index (χ2v) is 6.28. The second-order valence-electron chi connectivity index (χ2n) is 6.28. The van der Waals surface area contributed by atoms with Crippen LogP contribution < -0.4 is 9.47 Å². The molecule has 1 atom stereocenters. The lowest BCUT2D eigenvalue weighted by molar-refractivity contribution is -0.143. The first-order valence-electron chi connectivity index (χ1n) is 8.56. The largest absolute Gasteiger partial charge is 0.493 e. The Balaban J connectivity index is 2.89. The fourth-order valence-electron chi connectivity index (χ4n) is 2.66. The minimum atomic E-state index is -0.866. The van der Waals surface area contributed by atoms with Gasteiger partial charge in [-0.3, -0.25) is 4.79 Å². The number of rotatable bonds is 8. The molecule has 0 aliphatic heterocycles. The fourth-order valence-corrected chi connectivity index (χ4v) is 2.66. The molecule has 0 N–H and O–H groups in total. The Morgan fingerprint density at radius 3 is 2.12 bits per heavy atom. The zero-order valence-electron chi connectivity index (χ0n) is 16.2. The summed E-state index contributed by atoms with van der Waals surface area (Å²) >= 11 is 0. The standard InChI is InChI=1S/C19H29NO5/c1-8-24-16-10-9-15(11-17(16)23-7)19(22)25-14(6)18(21)20(12(2)3)13(4)5/h9-14H,8H2,1-7H3. The molecular formula is C19H29NO5. The van der Waals surface area contributed by atoms with Gasteiger partial charge in [0, 0.05) is 12.1 Å². The van der Waals surface area contributed by atoms with Gasteiger partial charge in [-0.25, -0.2) is 4.79 Å². The van der Waals surface area contributed by atoms with Gasteiger partial charge in [-0.2, -0.15) is 0 Å². The summed E-state index contributed by atoms with van der Waals surface area (Å²) in [6.07, 6.45) is -0.866. The summed E-state index contributed by atoms with van der Waals surface area (Å²) in [6, 6.07) is 4.85. The van der Waals surface area contributed by atoms with E-state index in [1.54, 1.807) is 30.0 Å². The van der Waals surface area contributed by atoms with Gasteiger partial charge in [0.2, 0.25) is 0 Å². The van der Waals surface area contributed by atoms with Crippen LogP contribution in [0.2, 0.25) is 0 Å². The van der Waals surface area contributed by atoms with E-state index < -0.39 is 12.1 Å². The van der Waals surface area contributed by atoms with Crippen LogP contribution in [0.4, 0.5) is 0 Å². The second kappa shape index (κ2) is 9.30. The number of hydrogen-bond donors (Lipinski definition) is 0. The Labute approximate surface area is 150 Å².